The van der Waals surface area contributed by atoms with E-state index in [1.807, 2.05) is 0 Å². The molecule has 1 aliphatic carbocycles. The van der Waals surface area contributed by atoms with Crippen molar-refractivity contribution < 1.29 is 19.1 Å². The Hall–Kier alpha value is -2.89. The van der Waals surface area contributed by atoms with Crippen LogP contribution in [0.3, 0.4) is 0 Å². The third-order valence-electron chi connectivity index (χ3n) is 3.69. The molecule has 6 heteroatoms. The van der Waals surface area contributed by atoms with E-state index in [-0.39, 0.29) is 40.3 Å². The fourth-order valence-corrected chi connectivity index (χ4v) is 2.82. The monoisotopic (exact) mass is 298 g/mol. The number of methoxy groups -OCH3 is 1. The van der Waals surface area contributed by atoms with Crippen LogP contribution in [0.5, 0.6) is 5.88 Å². The van der Waals surface area contributed by atoms with Gasteiger partial charge in [0.2, 0.25) is 17.6 Å². The van der Waals surface area contributed by atoms with Crippen LogP contribution in [-0.2, 0) is 11.8 Å². The summed E-state index contributed by atoms with van der Waals surface area (Å²) in [5.74, 6) is -0.629. The number of nitrogens with zero attached hydrogens (tertiary/aromatic N) is 1. The SMILES string of the molecule is COc1c(NC(C)=O)c2c(n1C)C(=O)c1ccccc1C2=O. The van der Waals surface area contributed by atoms with Crippen LogP contribution < -0.4 is 10.1 Å². The molecule has 6 nitrogen and oxygen atoms in total. The third-order valence-corrected chi connectivity index (χ3v) is 3.69. The smallest absolute Gasteiger partial charge is 0.221 e. The van der Waals surface area contributed by atoms with Gasteiger partial charge >= 0.3 is 0 Å². The van der Waals surface area contributed by atoms with Crippen LogP contribution in [-0.4, -0.2) is 29.2 Å². The van der Waals surface area contributed by atoms with Crippen molar-refractivity contribution in [1.82, 2.24) is 4.57 Å². The molecule has 0 saturated carbocycles. The molecule has 112 valence electrons. The molecule has 0 saturated heterocycles. The van der Waals surface area contributed by atoms with E-state index >= 15 is 0 Å². The molecule has 1 N–H and O–H groups in total. The highest BCUT2D eigenvalue weighted by Crippen LogP contribution is 2.40. The highest BCUT2D eigenvalue weighted by atomic mass is 16.5. The zero-order valence-electron chi connectivity index (χ0n) is 12.4. The van der Waals surface area contributed by atoms with Gasteiger partial charge in [0.1, 0.15) is 11.4 Å². The van der Waals surface area contributed by atoms with Gasteiger partial charge in [-0.05, 0) is 0 Å². The predicted molar refractivity (Wildman–Crippen MR) is 79.6 cm³/mol. The molecule has 1 aromatic heterocycles. The summed E-state index contributed by atoms with van der Waals surface area (Å²) in [6.07, 6.45) is 0. The number of ketones is 2. The maximum absolute atomic E-state index is 12.8. The van der Waals surface area contributed by atoms with Gasteiger partial charge in [0.15, 0.2) is 5.78 Å². The normalized spacial score (nSPS) is 12.7. The molecule has 22 heavy (non-hydrogen) atoms. The van der Waals surface area contributed by atoms with Crippen LogP contribution in [0.25, 0.3) is 0 Å². The van der Waals surface area contributed by atoms with E-state index in [4.69, 9.17) is 4.74 Å². The first-order valence-corrected chi connectivity index (χ1v) is 6.70. The number of nitrogens with one attached hydrogen (secondary N) is 1. The number of carbonyl (C=O) groups excluding carboxylic acids is 3. The minimum absolute atomic E-state index is 0.179. The van der Waals surface area contributed by atoms with Crippen LogP contribution >= 0.6 is 0 Å². The Labute approximate surface area is 126 Å². The van der Waals surface area contributed by atoms with Gasteiger partial charge in [-0.2, -0.15) is 0 Å². The molecule has 0 atom stereocenters. The van der Waals surface area contributed by atoms with Crippen molar-refractivity contribution in [3.63, 3.8) is 0 Å². The summed E-state index contributed by atoms with van der Waals surface area (Å²) in [6.45, 7) is 1.34. The van der Waals surface area contributed by atoms with Gasteiger partial charge < -0.3 is 14.6 Å². The Kier molecular flexibility index (Phi) is 3.09. The molecule has 0 radical (unpaired) electrons. The first-order chi connectivity index (χ1) is 10.5. The van der Waals surface area contributed by atoms with E-state index in [0.717, 1.165) is 0 Å². The summed E-state index contributed by atoms with van der Waals surface area (Å²) in [6, 6.07) is 6.64. The number of aromatic nitrogens is 1. The summed E-state index contributed by atoms with van der Waals surface area (Å²) in [5.41, 5.74) is 1.33. The van der Waals surface area contributed by atoms with E-state index in [0.29, 0.717) is 11.1 Å². The molecule has 1 amide bonds. The van der Waals surface area contributed by atoms with E-state index < -0.39 is 0 Å². The van der Waals surface area contributed by atoms with Gasteiger partial charge in [0.25, 0.3) is 0 Å². The van der Waals surface area contributed by atoms with E-state index in [9.17, 15) is 14.4 Å². The highest BCUT2D eigenvalue weighted by molar-refractivity contribution is 6.30. The summed E-state index contributed by atoms with van der Waals surface area (Å²) >= 11 is 0. The van der Waals surface area contributed by atoms with Gasteiger partial charge in [-0.1, -0.05) is 24.3 Å². The zero-order valence-corrected chi connectivity index (χ0v) is 12.4. The number of hydrogen-bond donors (Lipinski definition) is 1. The second-order valence-electron chi connectivity index (χ2n) is 5.05. The quantitative estimate of drug-likeness (QED) is 0.782. The molecular weight excluding hydrogens is 284 g/mol. The van der Waals surface area contributed by atoms with Crippen LogP contribution in [0, 0.1) is 0 Å². The Morgan fingerprint density at radius 1 is 1.14 bits per heavy atom. The first kappa shape index (κ1) is 14.1. The fourth-order valence-electron chi connectivity index (χ4n) is 2.82. The van der Waals surface area contributed by atoms with Crippen LogP contribution in [0.1, 0.15) is 38.9 Å². The van der Waals surface area contributed by atoms with Crippen molar-refractivity contribution in [2.24, 2.45) is 7.05 Å². The minimum atomic E-state index is -0.342. The number of carbonyl (C=O) groups is 3. The third kappa shape index (κ3) is 1.77. The first-order valence-electron chi connectivity index (χ1n) is 6.70. The van der Waals surface area contributed by atoms with Crippen molar-refractivity contribution >= 4 is 23.2 Å². The Balaban J connectivity index is 2.34. The minimum Gasteiger partial charge on any atom is -0.481 e. The van der Waals surface area contributed by atoms with Crippen LogP contribution in [0.4, 0.5) is 5.69 Å². The van der Waals surface area contributed by atoms with Crippen molar-refractivity contribution in [2.45, 2.75) is 6.92 Å². The van der Waals surface area contributed by atoms with Crippen molar-refractivity contribution in [3.8, 4) is 5.88 Å². The second kappa shape index (κ2) is 4.84. The topological polar surface area (TPSA) is 77.4 Å². The Morgan fingerprint density at radius 2 is 1.73 bits per heavy atom. The van der Waals surface area contributed by atoms with E-state index in [2.05, 4.69) is 5.32 Å². The van der Waals surface area contributed by atoms with Gasteiger partial charge in [-0.25, -0.2) is 0 Å². The van der Waals surface area contributed by atoms with Crippen molar-refractivity contribution in [1.29, 1.82) is 0 Å². The summed E-state index contributed by atoms with van der Waals surface area (Å²) in [5, 5.41) is 2.60. The maximum Gasteiger partial charge on any atom is 0.221 e. The lowest BCUT2D eigenvalue weighted by Gasteiger charge is -2.15. The van der Waals surface area contributed by atoms with Gasteiger partial charge in [0.05, 0.1) is 12.7 Å². The molecule has 0 spiro atoms. The average Bonchev–Trinajstić information content (AvgIpc) is 2.76. The second-order valence-corrected chi connectivity index (χ2v) is 5.05. The van der Waals surface area contributed by atoms with Gasteiger partial charge in [-0.15, -0.1) is 0 Å². The van der Waals surface area contributed by atoms with Crippen molar-refractivity contribution in [3.05, 3.63) is 46.6 Å². The number of fused-ring (bicyclic) bond motifs is 2. The standard InChI is InChI=1S/C16H14N2O4/c1-8(19)17-12-11-13(18(2)16(12)22-3)15(21)10-7-5-4-6-9(10)14(11)20/h4-7H,1-3H3,(H,17,19). The highest BCUT2D eigenvalue weighted by Gasteiger charge is 2.37. The van der Waals surface area contributed by atoms with Crippen LogP contribution in [0.2, 0.25) is 0 Å². The number of benzene rings is 1. The fraction of sp³-hybridized carbons (Fsp3) is 0.188. The summed E-state index contributed by atoms with van der Waals surface area (Å²) < 4.78 is 6.77. The molecule has 3 rings (SSSR count). The predicted octanol–water partition coefficient (Wildman–Crippen LogP) is 1.77. The number of ether oxygens (including phenoxy) is 1. The number of rotatable bonds is 2. The molecule has 0 aliphatic heterocycles. The Bertz CT molecular complexity index is 833. The number of anilines is 1. The largest absolute Gasteiger partial charge is 0.481 e. The molecule has 1 aliphatic rings. The average molecular weight is 298 g/mol. The molecule has 1 aromatic carbocycles. The molecule has 1 heterocycles. The van der Waals surface area contributed by atoms with Gasteiger partial charge in [-0.3, -0.25) is 14.4 Å². The van der Waals surface area contributed by atoms with Crippen LogP contribution in [0.15, 0.2) is 24.3 Å². The Morgan fingerprint density at radius 3 is 2.27 bits per heavy atom. The van der Waals surface area contributed by atoms with E-state index in [1.165, 1.54) is 18.6 Å². The molecule has 0 bridgehead atoms. The summed E-state index contributed by atoms with van der Waals surface area (Å²) in [4.78, 5) is 36.9. The lowest BCUT2D eigenvalue weighted by atomic mass is 9.87. The maximum atomic E-state index is 12.8. The number of amides is 1. The zero-order chi connectivity index (χ0) is 16.0. The summed E-state index contributed by atoms with van der Waals surface area (Å²) in [7, 11) is 3.05. The molecule has 0 fully saturated rings. The number of hydrogen-bond acceptors (Lipinski definition) is 4. The lowest BCUT2D eigenvalue weighted by Crippen LogP contribution is -2.23. The molecule has 0 unspecified atom stereocenters. The molecular formula is C16H14N2O4. The lowest BCUT2D eigenvalue weighted by molar-refractivity contribution is -0.114. The molecule has 2 aromatic rings. The van der Waals surface area contributed by atoms with Gasteiger partial charge in [0, 0.05) is 25.1 Å². The van der Waals surface area contributed by atoms with E-state index in [1.54, 1.807) is 31.3 Å². The van der Waals surface area contributed by atoms with Crippen molar-refractivity contribution in [2.75, 3.05) is 12.4 Å².